The predicted octanol–water partition coefficient (Wildman–Crippen LogP) is 2.82. The van der Waals surface area contributed by atoms with E-state index in [4.69, 9.17) is 11.5 Å². The molecule has 6 nitrogen and oxygen atoms in total. The van der Waals surface area contributed by atoms with Crippen LogP contribution in [0.3, 0.4) is 0 Å². The molecule has 0 aliphatic heterocycles. The molecule has 3 rings (SSSR count). The molecule has 0 aliphatic rings. The lowest BCUT2D eigenvalue weighted by molar-refractivity contribution is 0.100. The maximum atomic E-state index is 12.0. The highest BCUT2D eigenvalue weighted by molar-refractivity contribution is 6.16. The van der Waals surface area contributed by atoms with E-state index in [-0.39, 0.29) is 11.4 Å². The molecule has 0 spiro atoms. The van der Waals surface area contributed by atoms with E-state index in [0.29, 0.717) is 10.9 Å². The van der Waals surface area contributed by atoms with Crippen LogP contribution >= 0.6 is 0 Å². The van der Waals surface area contributed by atoms with Crippen LogP contribution < -0.4 is 16.8 Å². The second-order valence-electron chi connectivity index (χ2n) is 5.30. The van der Waals surface area contributed by atoms with Gasteiger partial charge in [0, 0.05) is 10.9 Å². The van der Waals surface area contributed by atoms with Gasteiger partial charge < -0.3 is 16.5 Å². The van der Waals surface area contributed by atoms with Gasteiger partial charge in [0.15, 0.2) is 0 Å². The van der Waals surface area contributed by atoms with Crippen LogP contribution in [0, 0.1) is 0 Å². The van der Waals surface area contributed by atoms with Gasteiger partial charge in [0.2, 0.25) is 0 Å². The van der Waals surface area contributed by atoms with Crippen molar-refractivity contribution in [1.29, 1.82) is 0 Å². The Morgan fingerprint density at radius 3 is 2.33 bits per heavy atom. The third kappa shape index (κ3) is 2.61. The van der Waals surface area contributed by atoms with Crippen molar-refractivity contribution in [2.75, 3.05) is 5.32 Å². The summed E-state index contributed by atoms with van der Waals surface area (Å²) in [6.07, 6.45) is 0. The molecule has 0 atom stereocenters. The van der Waals surface area contributed by atoms with Crippen LogP contribution in [0.4, 0.5) is 10.6 Å². The summed E-state index contributed by atoms with van der Waals surface area (Å²) >= 11 is 0. The Morgan fingerprint density at radius 2 is 1.71 bits per heavy atom. The van der Waals surface area contributed by atoms with Gasteiger partial charge in [-0.25, -0.2) is 4.79 Å². The van der Waals surface area contributed by atoms with E-state index in [2.05, 4.69) is 16.9 Å². The van der Waals surface area contributed by atoms with E-state index in [1.54, 1.807) is 6.07 Å². The van der Waals surface area contributed by atoms with E-state index >= 15 is 0 Å². The lowest BCUT2D eigenvalue weighted by Gasteiger charge is -2.09. The number of hydrogen-bond acceptors (Lipinski definition) is 2. The van der Waals surface area contributed by atoms with Gasteiger partial charge in [0.1, 0.15) is 5.82 Å². The van der Waals surface area contributed by atoms with E-state index in [0.717, 1.165) is 16.7 Å². The van der Waals surface area contributed by atoms with Crippen LogP contribution in [-0.4, -0.2) is 16.9 Å². The maximum Gasteiger partial charge on any atom is 0.317 e. The van der Waals surface area contributed by atoms with Crippen molar-refractivity contribution in [3.05, 3.63) is 71.8 Å². The first kappa shape index (κ1) is 15.4. The average Bonchev–Trinajstić information content (AvgIpc) is 2.92. The van der Waals surface area contributed by atoms with Crippen LogP contribution in [0.2, 0.25) is 0 Å². The Balaban J connectivity index is 2.26. The third-order valence-electron chi connectivity index (χ3n) is 3.77. The van der Waals surface area contributed by atoms with Crippen LogP contribution in [0.5, 0.6) is 0 Å². The second kappa shape index (κ2) is 5.92. The topological polar surface area (TPSA) is 114 Å². The minimum atomic E-state index is -0.785. The number of carbonyl (C=O) groups is 2. The van der Waals surface area contributed by atoms with Gasteiger partial charge in [0.25, 0.3) is 5.91 Å². The number of hydrogen-bond donors (Lipinski definition) is 4. The molecule has 0 aliphatic carbocycles. The summed E-state index contributed by atoms with van der Waals surface area (Å²) in [6, 6.07) is 14.3. The van der Waals surface area contributed by atoms with Crippen LogP contribution in [0.1, 0.15) is 21.5 Å². The van der Waals surface area contributed by atoms with E-state index < -0.39 is 11.9 Å². The molecule has 3 amide bonds. The number of anilines is 1. The van der Waals surface area contributed by atoms with E-state index in [9.17, 15) is 9.59 Å². The fourth-order valence-electron chi connectivity index (χ4n) is 2.76. The van der Waals surface area contributed by atoms with Crippen LogP contribution in [0.15, 0.2) is 55.1 Å². The molecular weight excluding hydrogens is 304 g/mol. The second-order valence-corrected chi connectivity index (χ2v) is 5.30. The first-order chi connectivity index (χ1) is 11.5. The first-order valence-electron chi connectivity index (χ1n) is 7.24. The number of nitrogens with one attached hydrogen (secondary N) is 2. The van der Waals surface area contributed by atoms with Crippen LogP contribution in [0.25, 0.3) is 16.5 Å². The molecular formula is C18H16N4O2. The van der Waals surface area contributed by atoms with Crippen molar-refractivity contribution in [3.63, 3.8) is 0 Å². The zero-order valence-electron chi connectivity index (χ0n) is 12.8. The van der Waals surface area contributed by atoms with Gasteiger partial charge >= 0.3 is 6.03 Å². The fraction of sp³-hybridized carbons (Fsp3) is 0. The van der Waals surface area contributed by atoms with Crippen LogP contribution in [-0.2, 0) is 0 Å². The Labute approximate surface area is 138 Å². The summed E-state index contributed by atoms with van der Waals surface area (Å²) in [5.74, 6) is -0.489. The lowest BCUT2D eigenvalue weighted by atomic mass is 9.95. The number of amides is 3. The molecule has 6 heteroatoms. The standard InChI is InChI=1S/C18H16N4O2/c1-10(11-6-3-2-4-7-11)12-8-5-9-13-14(12)15(16(19)23)17(21-13)22-18(20)24/h2-9,21H,1H2,(H2,19,23)(H3,20,22,24). The summed E-state index contributed by atoms with van der Waals surface area (Å²) < 4.78 is 0. The monoisotopic (exact) mass is 320 g/mol. The number of benzene rings is 2. The van der Waals surface area contributed by atoms with Crippen molar-refractivity contribution in [1.82, 2.24) is 4.98 Å². The highest BCUT2D eigenvalue weighted by atomic mass is 16.2. The van der Waals surface area contributed by atoms with Gasteiger partial charge in [-0.3, -0.25) is 10.1 Å². The highest BCUT2D eigenvalue weighted by Crippen LogP contribution is 2.34. The Morgan fingerprint density at radius 1 is 1.00 bits per heavy atom. The molecule has 0 saturated heterocycles. The summed E-state index contributed by atoms with van der Waals surface area (Å²) in [4.78, 5) is 26.1. The zero-order valence-corrected chi connectivity index (χ0v) is 12.8. The molecule has 1 heterocycles. The van der Waals surface area contributed by atoms with Gasteiger partial charge in [0.05, 0.1) is 5.56 Å². The molecule has 0 bridgehead atoms. The smallest absolute Gasteiger partial charge is 0.317 e. The van der Waals surface area contributed by atoms with Crippen molar-refractivity contribution >= 4 is 34.2 Å². The molecule has 120 valence electrons. The molecule has 0 radical (unpaired) electrons. The quantitative estimate of drug-likeness (QED) is 0.592. The molecule has 1 aromatic heterocycles. The van der Waals surface area contributed by atoms with Crippen molar-refractivity contribution < 1.29 is 9.59 Å². The number of urea groups is 1. The van der Waals surface area contributed by atoms with Crippen molar-refractivity contribution in [3.8, 4) is 0 Å². The van der Waals surface area contributed by atoms with Crippen molar-refractivity contribution in [2.24, 2.45) is 11.5 Å². The number of primary amides is 2. The number of fused-ring (bicyclic) bond motifs is 1. The largest absolute Gasteiger partial charge is 0.365 e. The minimum absolute atomic E-state index is 0.177. The molecule has 3 aromatic rings. The Kier molecular flexibility index (Phi) is 3.79. The SMILES string of the molecule is C=C(c1ccccc1)c1cccc2[nH]c(NC(N)=O)c(C(N)=O)c12. The number of nitrogens with two attached hydrogens (primary N) is 2. The summed E-state index contributed by atoms with van der Waals surface area (Å²) in [7, 11) is 0. The number of aromatic nitrogens is 1. The average molecular weight is 320 g/mol. The molecule has 0 saturated carbocycles. The fourth-order valence-corrected chi connectivity index (χ4v) is 2.76. The van der Waals surface area contributed by atoms with Crippen molar-refractivity contribution in [2.45, 2.75) is 0 Å². The Hall–Kier alpha value is -3.54. The highest BCUT2D eigenvalue weighted by Gasteiger charge is 2.21. The van der Waals surface area contributed by atoms with Gasteiger partial charge in [-0.2, -0.15) is 0 Å². The molecule has 24 heavy (non-hydrogen) atoms. The summed E-state index contributed by atoms with van der Waals surface area (Å²) in [5, 5.41) is 3.00. The molecule has 0 fully saturated rings. The Bertz CT molecular complexity index is 958. The molecule has 6 N–H and O–H groups in total. The maximum absolute atomic E-state index is 12.0. The number of aromatic amines is 1. The minimum Gasteiger partial charge on any atom is -0.365 e. The zero-order chi connectivity index (χ0) is 17.3. The number of rotatable bonds is 4. The summed E-state index contributed by atoms with van der Waals surface area (Å²) in [5.41, 5.74) is 13.9. The van der Waals surface area contributed by atoms with Gasteiger partial charge in [-0.15, -0.1) is 0 Å². The molecule has 0 unspecified atom stereocenters. The predicted molar refractivity (Wildman–Crippen MR) is 94.6 cm³/mol. The number of carbonyl (C=O) groups excluding carboxylic acids is 2. The van der Waals surface area contributed by atoms with E-state index in [1.165, 1.54) is 0 Å². The normalized spacial score (nSPS) is 10.5. The van der Waals surface area contributed by atoms with Gasteiger partial charge in [-0.1, -0.05) is 49.0 Å². The lowest BCUT2D eigenvalue weighted by Crippen LogP contribution is -2.22. The third-order valence-corrected chi connectivity index (χ3v) is 3.77. The molecule has 2 aromatic carbocycles. The first-order valence-corrected chi connectivity index (χ1v) is 7.24. The summed E-state index contributed by atoms with van der Waals surface area (Å²) in [6.45, 7) is 4.14. The number of H-pyrrole nitrogens is 1. The van der Waals surface area contributed by atoms with Gasteiger partial charge in [-0.05, 0) is 22.8 Å². The van der Waals surface area contributed by atoms with E-state index in [1.807, 2.05) is 42.5 Å².